The Hall–Kier alpha value is -2.56. The highest BCUT2D eigenvalue weighted by Crippen LogP contribution is 2.38. The second-order valence-electron chi connectivity index (χ2n) is 12.0. The lowest BCUT2D eigenvalue weighted by Gasteiger charge is -2.09. The lowest BCUT2D eigenvalue weighted by Crippen LogP contribution is -1.82. The summed E-state index contributed by atoms with van der Waals surface area (Å²) in [5, 5.41) is 13.3. The maximum absolute atomic E-state index is 3.69. The highest BCUT2D eigenvalue weighted by Gasteiger charge is 2.12. The van der Waals surface area contributed by atoms with Crippen molar-refractivity contribution in [1.29, 1.82) is 0 Å². The Labute approximate surface area is 259 Å². The van der Waals surface area contributed by atoms with E-state index in [4.69, 9.17) is 0 Å². The lowest BCUT2D eigenvalue weighted by molar-refractivity contribution is 0.627. The number of aromatic nitrogens is 2. The molecule has 0 aliphatic carbocycles. The first-order chi connectivity index (χ1) is 20.8. The van der Waals surface area contributed by atoms with Gasteiger partial charge in [0.1, 0.15) is 0 Å². The molecule has 0 atom stereocenters. The van der Waals surface area contributed by atoms with Crippen molar-refractivity contribution >= 4 is 77.6 Å². The normalized spacial score (nSPS) is 12.1. The van der Waals surface area contributed by atoms with Crippen molar-refractivity contribution < 1.29 is 0 Å². The first-order valence-corrected chi connectivity index (χ1v) is 18.4. The van der Waals surface area contributed by atoms with Gasteiger partial charge in [-0.2, -0.15) is 0 Å². The standard InChI is InChI=1S/C38H46N2S2/c1-3-5-7-9-11-13-23-41-37-25-33-31-17-15-28-27(29(31)19-21-35(33)39-37)16-18-32-30(28)20-22-36-34(32)26-38(40-36)42-24-14-12-10-8-6-4-2/h15-22,25-26,39-40H,3-14,23-24H2,1-2H3. The number of rotatable bonds is 16. The summed E-state index contributed by atoms with van der Waals surface area (Å²) in [5.41, 5.74) is 2.49. The predicted molar refractivity (Wildman–Crippen MR) is 191 cm³/mol. The van der Waals surface area contributed by atoms with E-state index in [2.05, 4.69) is 84.5 Å². The quantitative estimate of drug-likeness (QED) is 0.0663. The van der Waals surface area contributed by atoms with Crippen LogP contribution in [0.5, 0.6) is 0 Å². The molecule has 0 fully saturated rings. The van der Waals surface area contributed by atoms with Crippen molar-refractivity contribution in [1.82, 2.24) is 9.97 Å². The van der Waals surface area contributed by atoms with E-state index in [1.54, 1.807) is 0 Å². The predicted octanol–water partition coefficient (Wildman–Crippen LogP) is 13.0. The molecular weight excluding hydrogens is 549 g/mol. The van der Waals surface area contributed by atoms with Gasteiger partial charge in [0, 0.05) is 21.8 Å². The zero-order chi connectivity index (χ0) is 28.7. The topological polar surface area (TPSA) is 31.6 Å². The molecule has 2 heterocycles. The molecule has 2 nitrogen and oxygen atoms in total. The molecule has 4 aromatic carbocycles. The molecule has 0 saturated carbocycles. The minimum Gasteiger partial charge on any atom is -0.350 e. The van der Waals surface area contributed by atoms with Gasteiger partial charge in [-0.3, -0.25) is 0 Å². The SMILES string of the molecule is CCCCCCCCSc1cc2c(ccc3c2ccc2c4ccc5[nH]c(SCCCCCCCC)cc5c4ccc32)[nH]1. The van der Waals surface area contributed by atoms with Crippen molar-refractivity contribution in [2.75, 3.05) is 11.5 Å². The van der Waals surface area contributed by atoms with Gasteiger partial charge in [-0.25, -0.2) is 0 Å². The minimum atomic E-state index is 1.19. The van der Waals surface area contributed by atoms with Crippen LogP contribution >= 0.6 is 23.5 Å². The molecule has 0 saturated heterocycles. The Morgan fingerprint density at radius 2 is 0.738 bits per heavy atom. The van der Waals surface area contributed by atoms with E-state index in [0.717, 1.165) is 0 Å². The van der Waals surface area contributed by atoms with Gasteiger partial charge < -0.3 is 9.97 Å². The zero-order valence-electron chi connectivity index (χ0n) is 25.5. The maximum atomic E-state index is 3.69. The van der Waals surface area contributed by atoms with Crippen LogP contribution < -0.4 is 0 Å². The Kier molecular flexibility index (Phi) is 10.0. The summed E-state index contributed by atoms with van der Waals surface area (Å²) in [5.74, 6) is 2.39. The summed E-state index contributed by atoms with van der Waals surface area (Å²) >= 11 is 3.95. The molecule has 0 radical (unpaired) electrons. The number of nitrogens with one attached hydrogen (secondary N) is 2. The third-order valence-electron chi connectivity index (χ3n) is 8.86. The number of hydrogen-bond donors (Lipinski definition) is 2. The molecule has 6 rings (SSSR count). The number of benzene rings is 4. The molecule has 6 aromatic rings. The lowest BCUT2D eigenvalue weighted by atomic mass is 9.95. The smallest absolute Gasteiger partial charge is 0.0732 e. The summed E-state index contributed by atoms with van der Waals surface area (Å²) in [6, 6.07) is 23.3. The van der Waals surface area contributed by atoms with Gasteiger partial charge in [0.05, 0.1) is 10.1 Å². The highest BCUT2D eigenvalue weighted by molar-refractivity contribution is 7.99. The van der Waals surface area contributed by atoms with Gasteiger partial charge in [-0.1, -0.05) is 114 Å². The molecule has 0 unspecified atom stereocenters. The minimum absolute atomic E-state index is 1.19. The maximum Gasteiger partial charge on any atom is 0.0732 e. The van der Waals surface area contributed by atoms with Crippen LogP contribution in [0.15, 0.2) is 70.7 Å². The number of H-pyrrole nitrogens is 2. The van der Waals surface area contributed by atoms with E-state index < -0.39 is 0 Å². The highest BCUT2D eigenvalue weighted by atomic mass is 32.2. The molecule has 2 N–H and O–H groups in total. The molecule has 2 aromatic heterocycles. The van der Waals surface area contributed by atoms with Crippen molar-refractivity contribution in [3.8, 4) is 0 Å². The van der Waals surface area contributed by atoms with Gasteiger partial charge >= 0.3 is 0 Å². The van der Waals surface area contributed by atoms with E-state index in [0.29, 0.717) is 0 Å². The van der Waals surface area contributed by atoms with Gasteiger partial charge in [0.2, 0.25) is 0 Å². The largest absolute Gasteiger partial charge is 0.350 e. The molecular formula is C38H46N2S2. The number of fused-ring (bicyclic) bond motifs is 9. The molecule has 220 valence electrons. The van der Waals surface area contributed by atoms with Gasteiger partial charge in [-0.15, -0.1) is 23.5 Å². The summed E-state index contributed by atoms with van der Waals surface area (Å²) in [7, 11) is 0. The van der Waals surface area contributed by atoms with Crippen LogP contribution in [0.25, 0.3) is 54.1 Å². The first kappa shape index (κ1) is 29.5. The second kappa shape index (κ2) is 14.3. The second-order valence-corrected chi connectivity index (χ2v) is 14.2. The van der Waals surface area contributed by atoms with Crippen LogP contribution in [0, 0.1) is 0 Å². The van der Waals surface area contributed by atoms with Crippen molar-refractivity contribution in [2.45, 2.75) is 101 Å². The number of thioether (sulfide) groups is 2. The van der Waals surface area contributed by atoms with E-state index in [1.807, 2.05) is 23.5 Å². The molecule has 0 spiro atoms. The molecule has 0 bridgehead atoms. The molecule has 0 aliphatic rings. The Balaban J connectivity index is 1.21. The van der Waals surface area contributed by atoms with Crippen LogP contribution in [-0.2, 0) is 0 Å². The van der Waals surface area contributed by atoms with Gasteiger partial charge in [0.25, 0.3) is 0 Å². The van der Waals surface area contributed by atoms with E-state index in [1.165, 1.54) is 153 Å². The van der Waals surface area contributed by atoms with Gasteiger partial charge in [-0.05, 0) is 80.9 Å². The molecule has 4 heteroatoms. The van der Waals surface area contributed by atoms with Crippen molar-refractivity contribution in [2.24, 2.45) is 0 Å². The average molecular weight is 595 g/mol. The number of hydrogen-bond acceptors (Lipinski definition) is 2. The monoisotopic (exact) mass is 594 g/mol. The molecule has 0 aliphatic heterocycles. The summed E-state index contributed by atoms with van der Waals surface area (Å²) < 4.78 is 0. The Bertz CT molecular complexity index is 1650. The summed E-state index contributed by atoms with van der Waals surface area (Å²) in [6.45, 7) is 4.57. The van der Waals surface area contributed by atoms with Crippen molar-refractivity contribution in [3.63, 3.8) is 0 Å². The fraction of sp³-hybridized carbons (Fsp3) is 0.421. The number of unbranched alkanes of at least 4 members (excludes halogenated alkanes) is 10. The third-order valence-corrected chi connectivity index (χ3v) is 10.9. The van der Waals surface area contributed by atoms with E-state index in [9.17, 15) is 0 Å². The van der Waals surface area contributed by atoms with Crippen LogP contribution in [0.4, 0.5) is 0 Å². The van der Waals surface area contributed by atoms with Crippen LogP contribution in [-0.4, -0.2) is 21.5 Å². The third kappa shape index (κ3) is 6.50. The summed E-state index contributed by atoms with van der Waals surface area (Å²) in [4.78, 5) is 7.37. The fourth-order valence-electron chi connectivity index (χ4n) is 6.50. The van der Waals surface area contributed by atoms with Crippen LogP contribution in [0.1, 0.15) is 90.9 Å². The molecule has 0 amide bonds. The zero-order valence-corrected chi connectivity index (χ0v) is 27.1. The fourth-order valence-corrected chi connectivity index (χ4v) is 8.40. The van der Waals surface area contributed by atoms with Gasteiger partial charge in [0.15, 0.2) is 0 Å². The van der Waals surface area contributed by atoms with E-state index in [-0.39, 0.29) is 0 Å². The van der Waals surface area contributed by atoms with Crippen LogP contribution in [0.3, 0.4) is 0 Å². The average Bonchev–Trinajstić information content (AvgIpc) is 3.63. The summed E-state index contributed by atoms with van der Waals surface area (Å²) in [6.07, 6.45) is 16.2. The number of aromatic amines is 2. The van der Waals surface area contributed by atoms with E-state index >= 15 is 0 Å². The molecule has 42 heavy (non-hydrogen) atoms. The first-order valence-electron chi connectivity index (χ1n) is 16.4. The van der Waals surface area contributed by atoms with Crippen molar-refractivity contribution in [3.05, 3.63) is 60.7 Å². The Morgan fingerprint density at radius 3 is 1.14 bits per heavy atom. The van der Waals surface area contributed by atoms with Crippen LogP contribution in [0.2, 0.25) is 0 Å². The Morgan fingerprint density at radius 1 is 0.405 bits per heavy atom.